The van der Waals surface area contributed by atoms with Gasteiger partial charge in [-0.05, 0) is 19.9 Å². The molecule has 1 unspecified atom stereocenters. The average Bonchev–Trinajstić information content (AvgIpc) is 2.67. The summed E-state index contributed by atoms with van der Waals surface area (Å²) >= 11 is 6.25. The molecule has 96 valence electrons. The second-order valence-corrected chi connectivity index (χ2v) is 4.48. The molecule has 0 spiro atoms. The molecule has 0 aliphatic heterocycles. The van der Waals surface area contributed by atoms with Crippen LogP contribution >= 0.6 is 11.6 Å². The van der Waals surface area contributed by atoms with Crippen molar-refractivity contribution in [2.45, 2.75) is 32.9 Å². The zero-order valence-corrected chi connectivity index (χ0v) is 11.2. The molecule has 0 amide bonds. The van der Waals surface area contributed by atoms with Crippen LogP contribution in [0.4, 0.5) is 0 Å². The van der Waals surface area contributed by atoms with Crippen molar-refractivity contribution in [3.8, 4) is 0 Å². The van der Waals surface area contributed by atoms with E-state index >= 15 is 0 Å². The van der Waals surface area contributed by atoms with Gasteiger partial charge in [0.25, 0.3) is 0 Å². The van der Waals surface area contributed by atoms with Crippen LogP contribution in [0.1, 0.15) is 30.0 Å². The number of hydrogen-bond acceptors (Lipinski definition) is 4. The van der Waals surface area contributed by atoms with E-state index in [4.69, 9.17) is 17.3 Å². The average molecular weight is 266 g/mol. The topological polar surface area (TPSA) is 69.6 Å². The van der Waals surface area contributed by atoms with Gasteiger partial charge in [0.15, 0.2) is 0 Å². The van der Waals surface area contributed by atoms with Crippen LogP contribution in [0.2, 0.25) is 5.02 Å². The van der Waals surface area contributed by atoms with E-state index in [0.717, 1.165) is 23.6 Å². The maximum Gasteiger partial charge on any atom is 0.115 e. The Morgan fingerprint density at radius 2 is 2.28 bits per heavy atom. The van der Waals surface area contributed by atoms with Crippen LogP contribution in [-0.2, 0) is 13.0 Å². The number of rotatable bonds is 4. The molecule has 0 radical (unpaired) electrons. The number of aromatic nitrogens is 4. The molecule has 0 aromatic carbocycles. The first-order chi connectivity index (χ1) is 8.63. The Bertz CT molecular complexity index is 523. The van der Waals surface area contributed by atoms with E-state index in [1.807, 2.05) is 24.6 Å². The van der Waals surface area contributed by atoms with Gasteiger partial charge in [0, 0.05) is 19.2 Å². The Hall–Kier alpha value is -1.46. The molecule has 2 aromatic heterocycles. The molecule has 0 aliphatic carbocycles. The third kappa shape index (κ3) is 2.52. The van der Waals surface area contributed by atoms with Gasteiger partial charge >= 0.3 is 0 Å². The van der Waals surface area contributed by atoms with Crippen molar-refractivity contribution in [3.63, 3.8) is 0 Å². The third-order valence-electron chi connectivity index (χ3n) is 2.85. The number of nitrogens with zero attached hydrogens (tertiary/aromatic N) is 4. The lowest BCUT2D eigenvalue weighted by atomic mass is 10.1. The zero-order valence-electron chi connectivity index (χ0n) is 10.5. The predicted molar refractivity (Wildman–Crippen MR) is 70.3 cm³/mol. The highest BCUT2D eigenvalue weighted by molar-refractivity contribution is 6.31. The Balaban J connectivity index is 2.24. The zero-order chi connectivity index (χ0) is 13.1. The van der Waals surface area contributed by atoms with Crippen molar-refractivity contribution >= 4 is 11.6 Å². The summed E-state index contributed by atoms with van der Waals surface area (Å²) in [5.74, 6) is 0. The highest BCUT2D eigenvalue weighted by atomic mass is 35.5. The lowest BCUT2D eigenvalue weighted by molar-refractivity contribution is 0.581. The first-order valence-corrected chi connectivity index (χ1v) is 6.24. The maximum absolute atomic E-state index is 6.25. The van der Waals surface area contributed by atoms with Gasteiger partial charge in [0.2, 0.25) is 0 Å². The summed E-state index contributed by atoms with van der Waals surface area (Å²) in [5, 5.41) is 5.07. The van der Waals surface area contributed by atoms with Crippen molar-refractivity contribution in [1.82, 2.24) is 19.7 Å². The van der Waals surface area contributed by atoms with Crippen LogP contribution in [0.5, 0.6) is 0 Å². The highest BCUT2D eigenvalue weighted by Gasteiger charge is 2.17. The summed E-state index contributed by atoms with van der Waals surface area (Å²) in [4.78, 5) is 8.04. The second-order valence-electron chi connectivity index (χ2n) is 4.11. The van der Waals surface area contributed by atoms with Gasteiger partial charge in [-0.3, -0.25) is 4.68 Å². The molecule has 5 nitrogen and oxygen atoms in total. The van der Waals surface area contributed by atoms with E-state index in [9.17, 15) is 0 Å². The smallest absolute Gasteiger partial charge is 0.115 e. The van der Waals surface area contributed by atoms with Crippen LogP contribution in [0.25, 0.3) is 0 Å². The lowest BCUT2D eigenvalue weighted by Crippen LogP contribution is -2.17. The van der Waals surface area contributed by atoms with Gasteiger partial charge < -0.3 is 5.73 Å². The van der Waals surface area contributed by atoms with E-state index in [1.165, 1.54) is 6.33 Å². The van der Waals surface area contributed by atoms with E-state index in [2.05, 4.69) is 15.1 Å². The first-order valence-electron chi connectivity index (χ1n) is 5.86. The van der Waals surface area contributed by atoms with E-state index in [1.54, 1.807) is 6.20 Å². The van der Waals surface area contributed by atoms with E-state index in [0.29, 0.717) is 11.4 Å². The molecular weight excluding hydrogens is 250 g/mol. The van der Waals surface area contributed by atoms with Crippen molar-refractivity contribution < 1.29 is 0 Å². The molecule has 18 heavy (non-hydrogen) atoms. The lowest BCUT2D eigenvalue weighted by Gasteiger charge is -2.12. The fourth-order valence-corrected chi connectivity index (χ4v) is 2.11. The highest BCUT2D eigenvalue weighted by Crippen LogP contribution is 2.24. The normalized spacial score (nSPS) is 12.7. The molecule has 2 rings (SSSR count). The van der Waals surface area contributed by atoms with Gasteiger partial charge in [-0.1, -0.05) is 11.6 Å². The van der Waals surface area contributed by atoms with E-state index in [-0.39, 0.29) is 6.04 Å². The SMILES string of the molecule is CCn1nc(C)c(Cl)c1CC(N)c1ccncn1. The molecule has 2 aromatic rings. The maximum atomic E-state index is 6.25. The van der Waals surface area contributed by atoms with Gasteiger partial charge in [-0.25, -0.2) is 9.97 Å². The fourth-order valence-electron chi connectivity index (χ4n) is 1.90. The van der Waals surface area contributed by atoms with Gasteiger partial charge in [-0.2, -0.15) is 5.10 Å². The van der Waals surface area contributed by atoms with Gasteiger partial charge in [0.1, 0.15) is 6.33 Å². The van der Waals surface area contributed by atoms with Crippen LogP contribution in [0, 0.1) is 6.92 Å². The van der Waals surface area contributed by atoms with Gasteiger partial charge in [0.05, 0.1) is 28.1 Å². The summed E-state index contributed by atoms with van der Waals surface area (Å²) in [7, 11) is 0. The number of nitrogens with two attached hydrogens (primary N) is 1. The first kappa shape index (κ1) is 13.0. The monoisotopic (exact) mass is 265 g/mol. The summed E-state index contributed by atoms with van der Waals surface area (Å²) < 4.78 is 1.89. The molecule has 0 aliphatic rings. The van der Waals surface area contributed by atoms with Crippen LogP contribution in [0.3, 0.4) is 0 Å². The summed E-state index contributed by atoms with van der Waals surface area (Å²) in [6.45, 7) is 4.70. The molecule has 6 heteroatoms. The van der Waals surface area contributed by atoms with Crippen LogP contribution < -0.4 is 5.73 Å². The van der Waals surface area contributed by atoms with Gasteiger partial charge in [-0.15, -0.1) is 0 Å². The number of hydrogen-bond donors (Lipinski definition) is 1. The minimum absolute atomic E-state index is 0.202. The second kappa shape index (κ2) is 5.46. The predicted octanol–water partition coefficient (Wildman–Crippen LogP) is 1.90. The minimum atomic E-state index is -0.202. The molecule has 0 bridgehead atoms. The molecule has 0 saturated carbocycles. The number of aryl methyl sites for hydroxylation is 2. The number of halogens is 1. The molecular formula is C12H16ClN5. The molecule has 0 saturated heterocycles. The van der Waals surface area contributed by atoms with Crippen molar-refractivity contribution in [2.24, 2.45) is 5.73 Å². The van der Waals surface area contributed by atoms with E-state index < -0.39 is 0 Å². The minimum Gasteiger partial charge on any atom is -0.322 e. The Labute approximate surface area is 111 Å². The fraction of sp³-hybridized carbons (Fsp3) is 0.417. The van der Waals surface area contributed by atoms with Crippen molar-refractivity contribution in [1.29, 1.82) is 0 Å². The Morgan fingerprint density at radius 3 is 2.89 bits per heavy atom. The summed E-state index contributed by atoms with van der Waals surface area (Å²) in [6, 6.07) is 1.62. The molecule has 2 heterocycles. The molecule has 2 N–H and O–H groups in total. The summed E-state index contributed by atoms with van der Waals surface area (Å²) in [5.41, 5.74) is 8.74. The molecule has 1 atom stereocenters. The largest absolute Gasteiger partial charge is 0.322 e. The third-order valence-corrected chi connectivity index (χ3v) is 3.34. The Kier molecular flexibility index (Phi) is 3.93. The standard InChI is InChI=1S/C12H16ClN5/c1-3-18-11(12(13)8(2)17-18)6-9(14)10-4-5-15-7-16-10/h4-5,7,9H,3,6,14H2,1-2H3. The van der Waals surface area contributed by atoms with Crippen LogP contribution in [-0.4, -0.2) is 19.7 Å². The summed E-state index contributed by atoms with van der Waals surface area (Å²) in [6.07, 6.45) is 3.80. The molecule has 0 fully saturated rings. The Morgan fingerprint density at radius 1 is 1.50 bits per heavy atom. The van der Waals surface area contributed by atoms with Crippen LogP contribution in [0.15, 0.2) is 18.6 Å². The van der Waals surface area contributed by atoms with Crippen molar-refractivity contribution in [2.75, 3.05) is 0 Å². The van der Waals surface area contributed by atoms with Crippen molar-refractivity contribution in [3.05, 3.63) is 40.7 Å². The quantitative estimate of drug-likeness (QED) is 0.917.